The Labute approximate surface area is 89.2 Å². The topological polar surface area (TPSA) is 129 Å². The standard InChI is InChI=1S/C5H5ClN4O4S/c1-15(13,14)5-8-3(6)2(10(11)12)4(7)9-5/h1H3,(H2,7,8,9). The monoisotopic (exact) mass is 252 g/mol. The predicted octanol–water partition coefficient (Wildman–Crippen LogP) is 0.0239. The van der Waals surface area contributed by atoms with E-state index in [9.17, 15) is 18.5 Å². The maximum Gasteiger partial charge on any atom is 0.348 e. The quantitative estimate of drug-likeness (QED) is 0.340. The van der Waals surface area contributed by atoms with Crippen molar-refractivity contribution in [1.29, 1.82) is 0 Å². The van der Waals surface area contributed by atoms with Gasteiger partial charge < -0.3 is 5.73 Å². The van der Waals surface area contributed by atoms with Crippen molar-refractivity contribution >= 4 is 32.9 Å². The van der Waals surface area contributed by atoms with Gasteiger partial charge >= 0.3 is 5.69 Å². The Bertz CT molecular complexity index is 505. The molecule has 0 aliphatic heterocycles. The van der Waals surface area contributed by atoms with Crippen molar-refractivity contribution in [2.75, 3.05) is 12.0 Å². The van der Waals surface area contributed by atoms with Crippen LogP contribution in [0.3, 0.4) is 0 Å². The van der Waals surface area contributed by atoms with Gasteiger partial charge in [-0.1, -0.05) is 11.6 Å². The maximum absolute atomic E-state index is 11.0. The fourth-order valence-electron chi connectivity index (χ4n) is 0.758. The van der Waals surface area contributed by atoms with E-state index in [1.54, 1.807) is 0 Å². The lowest BCUT2D eigenvalue weighted by Gasteiger charge is -2.00. The Balaban J connectivity index is 3.52. The number of hydrogen-bond acceptors (Lipinski definition) is 7. The molecule has 1 aromatic heterocycles. The Morgan fingerprint density at radius 2 is 2.00 bits per heavy atom. The van der Waals surface area contributed by atoms with Crippen LogP contribution in [0.5, 0.6) is 0 Å². The lowest BCUT2D eigenvalue weighted by molar-refractivity contribution is -0.384. The fraction of sp³-hybridized carbons (Fsp3) is 0.200. The molecule has 0 bridgehead atoms. The highest BCUT2D eigenvalue weighted by molar-refractivity contribution is 7.90. The predicted molar refractivity (Wildman–Crippen MR) is 51.2 cm³/mol. The third kappa shape index (κ3) is 2.30. The largest absolute Gasteiger partial charge is 0.378 e. The zero-order chi connectivity index (χ0) is 11.8. The van der Waals surface area contributed by atoms with Gasteiger partial charge in [-0.25, -0.2) is 8.42 Å². The van der Waals surface area contributed by atoms with Crippen LogP contribution in [-0.4, -0.2) is 29.6 Å². The second-order valence-electron chi connectivity index (χ2n) is 2.56. The van der Waals surface area contributed by atoms with E-state index in [4.69, 9.17) is 17.3 Å². The molecular formula is C5H5ClN4O4S. The average Bonchev–Trinajstić information content (AvgIpc) is 1.99. The molecule has 0 saturated carbocycles. The smallest absolute Gasteiger partial charge is 0.348 e. The van der Waals surface area contributed by atoms with Crippen molar-refractivity contribution < 1.29 is 13.3 Å². The highest BCUT2D eigenvalue weighted by Gasteiger charge is 2.24. The van der Waals surface area contributed by atoms with Gasteiger partial charge in [-0.05, 0) is 0 Å². The van der Waals surface area contributed by atoms with Gasteiger partial charge in [0.15, 0.2) is 0 Å². The molecule has 0 fully saturated rings. The molecule has 0 amide bonds. The van der Waals surface area contributed by atoms with Crippen LogP contribution in [0.2, 0.25) is 5.15 Å². The van der Waals surface area contributed by atoms with E-state index in [-0.39, 0.29) is 0 Å². The molecule has 0 aliphatic rings. The maximum atomic E-state index is 11.0. The summed E-state index contributed by atoms with van der Waals surface area (Å²) in [4.78, 5) is 16.1. The number of nitro groups is 1. The summed E-state index contributed by atoms with van der Waals surface area (Å²) in [6.07, 6.45) is 0.837. The minimum atomic E-state index is -3.70. The first-order valence-corrected chi connectivity index (χ1v) is 5.68. The van der Waals surface area contributed by atoms with E-state index in [1.165, 1.54) is 0 Å². The van der Waals surface area contributed by atoms with Crippen molar-refractivity contribution in [2.24, 2.45) is 0 Å². The average molecular weight is 253 g/mol. The van der Waals surface area contributed by atoms with Gasteiger partial charge in [0.2, 0.25) is 20.8 Å². The van der Waals surface area contributed by atoms with E-state index < -0.39 is 36.6 Å². The zero-order valence-corrected chi connectivity index (χ0v) is 8.91. The molecule has 1 rings (SSSR count). The van der Waals surface area contributed by atoms with Crippen LogP contribution >= 0.6 is 11.6 Å². The second-order valence-corrected chi connectivity index (χ2v) is 4.83. The van der Waals surface area contributed by atoms with Gasteiger partial charge in [-0.3, -0.25) is 10.1 Å². The van der Waals surface area contributed by atoms with E-state index in [0.717, 1.165) is 6.26 Å². The Morgan fingerprint density at radius 1 is 1.47 bits per heavy atom. The number of rotatable bonds is 2. The summed E-state index contributed by atoms with van der Waals surface area (Å²) in [6.45, 7) is 0. The van der Waals surface area contributed by atoms with Crippen molar-refractivity contribution in [1.82, 2.24) is 9.97 Å². The lowest BCUT2D eigenvalue weighted by atomic mass is 10.5. The molecule has 2 N–H and O–H groups in total. The third-order valence-electron chi connectivity index (χ3n) is 1.36. The normalized spacial score (nSPS) is 11.3. The number of nitrogens with zero attached hydrogens (tertiary/aromatic N) is 3. The summed E-state index contributed by atoms with van der Waals surface area (Å²) in [7, 11) is -3.70. The second kappa shape index (κ2) is 3.59. The summed E-state index contributed by atoms with van der Waals surface area (Å²) < 4.78 is 22.0. The number of aromatic nitrogens is 2. The Kier molecular flexibility index (Phi) is 2.77. The highest BCUT2D eigenvalue weighted by Crippen LogP contribution is 2.27. The van der Waals surface area contributed by atoms with Gasteiger partial charge in [0.05, 0.1) is 4.92 Å². The molecule has 82 valence electrons. The minimum Gasteiger partial charge on any atom is -0.378 e. The Hall–Kier alpha value is -1.48. The van der Waals surface area contributed by atoms with Crippen molar-refractivity contribution in [3.8, 4) is 0 Å². The molecule has 0 aliphatic carbocycles. The van der Waals surface area contributed by atoms with Gasteiger partial charge in [0, 0.05) is 6.26 Å². The van der Waals surface area contributed by atoms with E-state index in [2.05, 4.69) is 9.97 Å². The summed E-state index contributed by atoms with van der Waals surface area (Å²) >= 11 is 5.40. The SMILES string of the molecule is CS(=O)(=O)c1nc(N)c([N+](=O)[O-])c(Cl)n1. The number of anilines is 1. The number of hydrogen-bond donors (Lipinski definition) is 1. The third-order valence-corrected chi connectivity index (χ3v) is 2.47. The number of halogens is 1. The van der Waals surface area contributed by atoms with Gasteiger partial charge in [0.1, 0.15) is 0 Å². The molecule has 15 heavy (non-hydrogen) atoms. The van der Waals surface area contributed by atoms with Crippen molar-refractivity contribution in [3.05, 3.63) is 15.3 Å². The molecule has 0 unspecified atom stereocenters. The number of nitrogens with two attached hydrogens (primary N) is 1. The van der Waals surface area contributed by atoms with Gasteiger partial charge in [-0.15, -0.1) is 0 Å². The van der Waals surface area contributed by atoms with Crippen LogP contribution < -0.4 is 5.73 Å². The van der Waals surface area contributed by atoms with Crippen LogP contribution in [0.4, 0.5) is 11.5 Å². The van der Waals surface area contributed by atoms with E-state index in [0.29, 0.717) is 0 Å². The minimum absolute atomic E-state index is 0.583. The molecule has 0 spiro atoms. The van der Waals surface area contributed by atoms with E-state index in [1.807, 2.05) is 0 Å². The van der Waals surface area contributed by atoms with Crippen LogP contribution in [0.25, 0.3) is 0 Å². The van der Waals surface area contributed by atoms with Crippen LogP contribution in [0, 0.1) is 10.1 Å². The van der Waals surface area contributed by atoms with Crippen molar-refractivity contribution in [2.45, 2.75) is 5.16 Å². The van der Waals surface area contributed by atoms with Crippen LogP contribution in [0.1, 0.15) is 0 Å². The number of sulfone groups is 1. The molecule has 1 aromatic rings. The lowest BCUT2D eigenvalue weighted by Crippen LogP contribution is -2.09. The summed E-state index contributed by atoms with van der Waals surface area (Å²) in [5.74, 6) is -0.583. The Morgan fingerprint density at radius 3 is 2.33 bits per heavy atom. The van der Waals surface area contributed by atoms with Crippen LogP contribution in [-0.2, 0) is 9.84 Å². The summed E-state index contributed by atoms with van der Waals surface area (Å²) in [5, 5.41) is 9.17. The van der Waals surface area contributed by atoms with Crippen molar-refractivity contribution in [3.63, 3.8) is 0 Å². The molecule has 0 atom stereocenters. The van der Waals surface area contributed by atoms with Crippen LogP contribution in [0.15, 0.2) is 5.16 Å². The first-order chi connectivity index (χ1) is 6.73. The molecule has 1 heterocycles. The first-order valence-electron chi connectivity index (χ1n) is 3.41. The number of nitrogen functional groups attached to an aromatic ring is 1. The molecule has 0 radical (unpaired) electrons. The fourth-order valence-corrected chi connectivity index (χ4v) is 1.58. The molecule has 8 nitrogen and oxygen atoms in total. The summed E-state index contributed by atoms with van der Waals surface area (Å²) in [6, 6.07) is 0. The van der Waals surface area contributed by atoms with E-state index >= 15 is 0 Å². The summed E-state index contributed by atoms with van der Waals surface area (Å²) in [5.41, 5.74) is 4.47. The molecular weight excluding hydrogens is 248 g/mol. The first kappa shape index (κ1) is 11.6. The molecule has 0 aromatic carbocycles. The zero-order valence-electron chi connectivity index (χ0n) is 7.34. The highest BCUT2D eigenvalue weighted by atomic mass is 35.5. The van der Waals surface area contributed by atoms with Gasteiger partial charge in [0.25, 0.3) is 5.16 Å². The molecule has 10 heteroatoms. The molecule has 0 saturated heterocycles. The van der Waals surface area contributed by atoms with Gasteiger partial charge in [-0.2, -0.15) is 9.97 Å².